The van der Waals surface area contributed by atoms with Crippen LogP contribution >= 0.6 is 11.6 Å². The second-order valence-corrected chi connectivity index (χ2v) is 6.38. The van der Waals surface area contributed by atoms with Crippen LogP contribution < -0.4 is 5.32 Å². The molecule has 1 atom stereocenters. The molecule has 1 aromatic carbocycles. The van der Waals surface area contributed by atoms with Gasteiger partial charge in [-0.25, -0.2) is 4.79 Å². The Balaban J connectivity index is 1.65. The van der Waals surface area contributed by atoms with Crippen molar-refractivity contribution in [2.75, 3.05) is 18.5 Å². The second-order valence-electron chi connectivity index (χ2n) is 5.94. The lowest BCUT2D eigenvalue weighted by atomic mass is 10.2. The van der Waals surface area contributed by atoms with Gasteiger partial charge in [0.1, 0.15) is 11.6 Å². The molecule has 3 rings (SSSR count). The summed E-state index contributed by atoms with van der Waals surface area (Å²) in [6, 6.07) is 4.54. The molecule has 0 radical (unpaired) electrons. The van der Waals surface area contributed by atoms with E-state index in [0.717, 1.165) is 19.3 Å². The van der Waals surface area contributed by atoms with Crippen LogP contribution in [0, 0.1) is 0 Å². The van der Waals surface area contributed by atoms with E-state index >= 15 is 0 Å². The number of benzene rings is 1. The highest BCUT2D eigenvalue weighted by Gasteiger charge is 2.35. The Morgan fingerprint density at radius 1 is 1.48 bits per heavy atom. The second kappa shape index (κ2) is 7.74. The molecular formula is C17H20ClN3O4. The Kier molecular flexibility index (Phi) is 5.43. The first-order chi connectivity index (χ1) is 12.1. The fraction of sp³-hybridized carbons (Fsp3) is 0.471. The van der Waals surface area contributed by atoms with Gasteiger partial charge in [0.25, 0.3) is 5.91 Å². The Hall–Kier alpha value is -2.28. The summed E-state index contributed by atoms with van der Waals surface area (Å²) in [7, 11) is 0. The number of anilines is 1. The van der Waals surface area contributed by atoms with Crippen molar-refractivity contribution >= 4 is 40.7 Å². The van der Waals surface area contributed by atoms with Crippen molar-refractivity contribution in [2.24, 2.45) is 0 Å². The minimum atomic E-state index is -0.576. The summed E-state index contributed by atoms with van der Waals surface area (Å²) in [6.07, 6.45) is 2.64. The maximum absolute atomic E-state index is 12.5. The van der Waals surface area contributed by atoms with Gasteiger partial charge in [-0.05, 0) is 37.5 Å². The van der Waals surface area contributed by atoms with Gasteiger partial charge in [-0.2, -0.15) is 4.98 Å². The molecule has 0 aliphatic carbocycles. The fourth-order valence-corrected chi connectivity index (χ4v) is 2.95. The number of nitrogens with zero attached hydrogens (tertiary/aromatic N) is 2. The minimum absolute atomic E-state index is 0.0912. The molecule has 8 heteroatoms. The van der Waals surface area contributed by atoms with Gasteiger partial charge >= 0.3 is 12.1 Å². The third-order valence-corrected chi connectivity index (χ3v) is 4.33. The summed E-state index contributed by atoms with van der Waals surface area (Å²) in [5.41, 5.74) is 1.09. The predicted octanol–water partition coefficient (Wildman–Crippen LogP) is 3.82. The SMILES string of the molecule is CCCCOC(=O)N1CCC[C@H]1C(=O)Nc1nc2cc(Cl)ccc2o1. The number of fused-ring (bicyclic) bond motifs is 1. The number of likely N-dealkylation sites (tertiary alicyclic amines) is 1. The predicted molar refractivity (Wildman–Crippen MR) is 93.6 cm³/mol. The highest BCUT2D eigenvalue weighted by molar-refractivity contribution is 6.31. The number of aromatic nitrogens is 1. The maximum atomic E-state index is 12.5. The van der Waals surface area contributed by atoms with E-state index in [1.807, 2.05) is 6.92 Å². The molecule has 1 saturated heterocycles. The van der Waals surface area contributed by atoms with Crippen LogP contribution in [0.25, 0.3) is 11.1 Å². The molecule has 1 N–H and O–H groups in total. The van der Waals surface area contributed by atoms with Crippen molar-refractivity contribution in [3.63, 3.8) is 0 Å². The highest BCUT2D eigenvalue weighted by Crippen LogP contribution is 2.24. The number of hydrogen-bond donors (Lipinski definition) is 1. The van der Waals surface area contributed by atoms with Crippen LogP contribution in [0.1, 0.15) is 32.6 Å². The lowest BCUT2D eigenvalue weighted by Crippen LogP contribution is -2.43. The lowest BCUT2D eigenvalue weighted by Gasteiger charge is -2.22. The third-order valence-electron chi connectivity index (χ3n) is 4.09. The maximum Gasteiger partial charge on any atom is 0.410 e. The molecule has 1 aliphatic heterocycles. The summed E-state index contributed by atoms with van der Waals surface area (Å²) >= 11 is 5.92. The molecule has 1 aromatic heterocycles. The number of halogens is 1. The Labute approximate surface area is 150 Å². The summed E-state index contributed by atoms with van der Waals surface area (Å²) in [6.45, 7) is 2.89. The molecule has 25 heavy (non-hydrogen) atoms. The number of carbonyl (C=O) groups is 2. The van der Waals surface area contributed by atoms with E-state index in [1.54, 1.807) is 18.2 Å². The Morgan fingerprint density at radius 3 is 3.12 bits per heavy atom. The zero-order valence-corrected chi connectivity index (χ0v) is 14.7. The number of carbonyl (C=O) groups excluding carboxylic acids is 2. The molecule has 2 aromatic rings. The summed E-state index contributed by atoms with van der Waals surface area (Å²) in [5, 5.41) is 3.17. The van der Waals surface area contributed by atoms with Gasteiger partial charge in [0.15, 0.2) is 5.58 Å². The van der Waals surface area contributed by atoms with E-state index in [0.29, 0.717) is 35.7 Å². The molecule has 1 aliphatic rings. The molecule has 2 amide bonds. The highest BCUT2D eigenvalue weighted by atomic mass is 35.5. The molecular weight excluding hydrogens is 346 g/mol. The first-order valence-corrected chi connectivity index (χ1v) is 8.76. The van der Waals surface area contributed by atoms with E-state index in [1.165, 1.54) is 4.90 Å². The molecule has 0 saturated carbocycles. The number of amides is 2. The van der Waals surface area contributed by atoms with Gasteiger partial charge in [-0.1, -0.05) is 24.9 Å². The Bertz CT molecular complexity index is 776. The average molecular weight is 366 g/mol. The normalized spacial score (nSPS) is 17.0. The van der Waals surface area contributed by atoms with Crippen molar-refractivity contribution in [1.29, 1.82) is 0 Å². The molecule has 2 heterocycles. The number of nitrogens with one attached hydrogen (secondary N) is 1. The van der Waals surface area contributed by atoms with E-state index in [-0.39, 0.29) is 11.9 Å². The van der Waals surface area contributed by atoms with E-state index in [9.17, 15) is 9.59 Å². The van der Waals surface area contributed by atoms with Crippen molar-refractivity contribution < 1.29 is 18.7 Å². The van der Waals surface area contributed by atoms with Crippen LogP contribution in [0.4, 0.5) is 10.8 Å². The van der Waals surface area contributed by atoms with E-state index in [2.05, 4.69) is 10.3 Å². The van der Waals surface area contributed by atoms with Crippen molar-refractivity contribution in [3.05, 3.63) is 23.2 Å². The number of oxazole rings is 1. The summed E-state index contributed by atoms with van der Waals surface area (Å²) in [4.78, 5) is 30.3. The monoisotopic (exact) mass is 365 g/mol. The third kappa shape index (κ3) is 4.04. The van der Waals surface area contributed by atoms with Gasteiger partial charge in [0, 0.05) is 11.6 Å². The van der Waals surface area contributed by atoms with Crippen molar-refractivity contribution in [1.82, 2.24) is 9.88 Å². The largest absolute Gasteiger partial charge is 0.449 e. The molecule has 134 valence electrons. The number of hydrogen-bond acceptors (Lipinski definition) is 5. The van der Waals surface area contributed by atoms with Crippen LogP contribution in [0.15, 0.2) is 22.6 Å². The van der Waals surface area contributed by atoms with Crippen LogP contribution in [0.5, 0.6) is 0 Å². The number of ether oxygens (including phenoxy) is 1. The molecule has 0 bridgehead atoms. The lowest BCUT2D eigenvalue weighted by molar-refractivity contribution is -0.120. The minimum Gasteiger partial charge on any atom is -0.449 e. The topological polar surface area (TPSA) is 84.7 Å². The standard InChI is InChI=1S/C17H20ClN3O4/c1-2-3-9-24-17(23)21-8-4-5-13(21)15(22)20-16-19-12-10-11(18)6-7-14(12)25-16/h6-7,10,13H,2-5,8-9H2,1H3,(H,19,20,22)/t13-/m0/s1. The van der Waals surface area contributed by atoms with Gasteiger partial charge in [-0.3, -0.25) is 15.0 Å². The smallest absolute Gasteiger partial charge is 0.410 e. The van der Waals surface area contributed by atoms with Crippen LogP contribution in [0.3, 0.4) is 0 Å². The van der Waals surface area contributed by atoms with Crippen LogP contribution in [-0.2, 0) is 9.53 Å². The molecule has 0 unspecified atom stereocenters. The fourth-order valence-electron chi connectivity index (χ4n) is 2.79. The van der Waals surface area contributed by atoms with E-state index < -0.39 is 12.1 Å². The van der Waals surface area contributed by atoms with Gasteiger partial charge in [-0.15, -0.1) is 0 Å². The van der Waals surface area contributed by atoms with Gasteiger partial charge in [0.05, 0.1) is 6.61 Å². The van der Waals surface area contributed by atoms with Crippen molar-refractivity contribution in [2.45, 2.75) is 38.6 Å². The van der Waals surface area contributed by atoms with Crippen LogP contribution in [0.2, 0.25) is 5.02 Å². The van der Waals surface area contributed by atoms with Crippen LogP contribution in [-0.4, -0.2) is 41.1 Å². The first kappa shape index (κ1) is 17.5. The zero-order chi connectivity index (χ0) is 17.8. The molecule has 1 fully saturated rings. The van der Waals surface area contributed by atoms with E-state index in [4.69, 9.17) is 20.8 Å². The quantitative estimate of drug-likeness (QED) is 0.814. The first-order valence-electron chi connectivity index (χ1n) is 8.39. The van der Waals surface area contributed by atoms with Gasteiger partial charge < -0.3 is 9.15 Å². The zero-order valence-electron chi connectivity index (χ0n) is 14.0. The Morgan fingerprint density at radius 2 is 2.32 bits per heavy atom. The number of unbranched alkanes of at least 4 members (excludes halogenated alkanes) is 1. The van der Waals surface area contributed by atoms with Gasteiger partial charge in [0.2, 0.25) is 0 Å². The number of rotatable bonds is 5. The summed E-state index contributed by atoms with van der Waals surface area (Å²) < 4.78 is 10.7. The molecule has 0 spiro atoms. The van der Waals surface area contributed by atoms with Crippen molar-refractivity contribution in [3.8, 4) is 0 Å². The average Bonchev–Trinajstić information content (AvgIpc) is 3.20. The molecule has 7 nitrogen and oxygen atoms in total. The summed E-state index contributed by atoms with van der Waals surface area (Å²) in [5.74, 6) is -0.331.